The monoisotopic (exact) mass is 304 g/mol. The van der Waals surface area contributed by atoms with Crippen LogP contribution in [0.4, 0.5) is 0 Å². The number of hydrogen-bond acceptors (Lipinski definition) is 3. The Bertz CT molecular complexity index is 390. The van der Waals surface area contributed by atoms with Gasteiger partial charge in [0.25, 0.3) is 5.91 Å². The summed E-state index contributed by atoms with van der Waals surface area (Å²) in [6.07, 6.45) is 0.993. The summed E-state index contributed by atoms with van der Waals surface area (Å²) in [6.45, 7) is 3.47. The Hall–Kier alpha value is -0.970. The summed E-state index contributed by atoms with van der Waals surface area (Å²) in [5.41, 5.74) is 0. The van der Waals surface area contributed by atoms with Gasteiger partial charge < -0.3 is 15.0 Å². The SMILES string of the molecule is Cl.O=C(COc1ccc(Cl)cc1)N1CCCNCC1. The van der Waals surface area contributed by atoms with Crippen LogP contribution in [0.25, 0.3) is 0 Å². The van der Waals surface area contributed by atoms with Crippen LogP contribution in [0.1, 0.15) is 6.42 Å². The average Bonchev–Trinajstić information content (AvgIpc) is 2.66. The van der Waals surface area contributed by atoms with Crippen LogP contribution in [0.3, 0.4) is 0 Å². The van der Waals surface area contributed by atoms with Crippen LogP contribution in [0.2, 0.25) is 5.02 Å². The van der Waals surface area contributed by atoms with E-state index in [1.54, 1.807) is 24.3 Å². The fraction of sp³-hybridized carbons (Fsp3) is 0.462. The molecule has 2 rings (SSSR count). The Morgan fingerprint density at radius 2 is 2.00 bits per heavy atom. The van der Waals surface area contributed by atoms with Crippen molar-refractivity contribution < 1.29 is 9.53 Å². The van der Waals surface area contributed by atoms with Crippen LogP contribution in [0.15, 0.2) is 24.3 Å². The zero-order valence-corrected chi connectivity index (χ0v) is 12.2. The van der Waals surface area contributed by atoms with Gasteiger partial charge >= 0.3 is 0 Å². The Morgan fingerprint density at radius 1 is 1.26 bits per heavy atom. The van der Waals surface area contributed by atoms with Crippen molar-refractivity contribution >= 4 is 29.9 Å². The summed E-state index contributed by atoms with van der Waals surface area (Å²) in [4.78, 5) is 13.8. The second-order valence-corrected chi connectivity index (χ2v) is 4.66. The lowest BCUT2D eigenvalue weighted by Crippen LogP contribution is -2.37. The van der Waals surface area contributed by atoms with E-state index in [1.807, 2.05) is 4.90 Å². The van der Waals surface area contributed by atoms with Crippen molar-refractivity contribution in [2.45, 2.75) is 6.42 Å². The van der Waals surface area contributed by atoms with Gasteiger partial charge in [0.05, 0.1) is 0 Å². The van der Waals surface area contributed by atoms with Gasteiger partial charge in [-0.05, 0) is 37.2 Å². The molecule has 19 heavy (non-hydrogen) atoms. The number of carbonyl (C=O) groups is 1. The van der Waals surface area contributed by atoms with Crippen LogP contribution in [0.5, 0.6) is 5.75 Å². The lowest BCUT2D eigenvalue weighted by molar-refractivity contribution is -0.133. The third-order valence-corrected chi connectivity index (χ3v) is 3.12. The molecule has 1 fully saturated rings. The number of halogens is 2. The highest BCUT2D eigenvalue weighted by atomic mass is 35.5. The molecule has 4 nitrogen and oxygen atoms in total. The number of amides is 1. The molecular weight excluding hydrogens is 287 g/mol. The van der Waals surface area contributed by atoms with E-state index in [0.29, 0.717) is 10.8 Å². The molecular formula is C13H18Cl2N2O2. The zero-order chi connectivity index (χ0) is 12.8. The van der Waals surface area contributed by atoms with E-state index < -0.39 is 0 Å². The van der Waals surface area contributed by atoms with Crippen LogP contribution >= 0.6 is 24.0 Å². The maximum atomic E-state index is 11.9. The van der Waals surface area contributed by atoms with E-state index in [9.17, 15) is 4.79 Å². The van der Waals surface area contributed by atoms with Crippen molar-refractivity contribution in [3.8, 4) is 5.75 Å². The molecule has 1 aliphatic heterocycles. The minimum atomic E-state index is 0. The van der Waals surface area contributed by atoms with Gasteiger partial charge in [0.1, 0.15) is 5.75 Å². The summed E-state index contributed by atoms with van der Waals surface area (Å²) in [6, 6.07) is 7.02. The lowest BCUT2D eigenvalue weighted by atomic mass is 10.3. The number of hydrogen-bond donors (Lipinski definition) is 1. The number of ether oxygens (including phenoxy) is 1. The standard InChI is InChI=1S/C13H17ClN2O2.ClH/c14-11-2-4-12(5-3-11)18-10-13(17)16-8-1-6-15-7-9-16;/h2-5,15H,1,6-10H2;1H. The molecule has 0 atom stereocenters. The van der Waals surface area contributed by atoms with Gasteiger partial charge in [-0.15, -0.1) is 12.4 Å². The van der Waals surface area contributed by atoms with Crippen LogP contribution in [-0.2, 0) is 4.79 Å². The van der Waals surface area contributed by atoms with E-state index in [4.69, 9.17) is 16.3 Å². The third-order valence-electron chi connectivity index (χ3n) is 2.87. The van der Waals surface area contributed by atoms with E-state index in [0.717, 1.165) is 32.6 Å². The van der Waals surface area contributed by atoms with E-state index in [2.05, 4.69) is 5.32 Å². The van der Waals surface area contributed by atoms with Gasteiger partial charge in [0.2, 0.25) is 0 Å². The molecule has 1 saturated heterocycles. The fourth-order valence-electron chi connectivity index (χ4n) is 1.86. The molecule has 0 spiro atoms. The van der Waals surface area contributed by atoms with E-state index in [-0.39, 0.29) is 24.9 Å². The van der Waals surface area contributed by atoms with Gasteiger partial charge in [-0.1, -0.05) is 11.6 Å². The highest BCUT2D eigenvalue weighted by molar-refractivity contribution is 6.30. The van der Waals surface area contributed by atoms with E-state index >= 15 is 0 Å². The molecule has 106 valence electrons. The second-order valence-electron chi connectivity index (χ2n) is 4.23. The molecule has 1 aromatic carbocycles. The van der Waals surface area contributed by atoms with Crippen LogP contribution in [0, 0.1) is 0 Å². The molecule has 0 bridgehead atoms. The smallest absolute Gasteiger partial charge is 0.260 e. The molecule has 0 radical (unpaired) electrons. The predicted molar refractivity (Wildman–Crippen MR) is 78.3 cm³/mol. The topological polar surface area (TPSA) is 41.6 Å². The quantitative estimate of drug-likeness (QED) is 0.928. The Labute approximate surface area is 124 Å². The van der Waals surface area contributed by atoms with Gasteiger partial charge in [0, 0.05) is 24.7 Å². The summed E-state index contributed by atoms with van der Waals surface area (Å²) < 4.78 is 5.45. The molecule has 1 aliphatic rings. The van der Waals surface area contributed by atoms with Crippen molar-refractivity contribution in [2.24, 2.45) is 0 Å². The van der Waals surface area contributed by atoms with Gasteiger partial charge in [0.15, 0.2) is 6.61 Å². The fourth-order valence-corrected chi connectivity index (χ4v) is 1.99. The Kier molecular flexibility index (Phi) is 6.99. The van der Waals surface area contributed by atoms with Gasteiger partial charge in [-0.2, -0.15) is 0 Å². The molecule has 0 saturated carbocycles. The first-order valence-corrected chi connectivity index (χ1v) is 6.50. The minimum absolute atomic E-state index is 0. The van der Waals surface area contributed by atoms with Crippen molar-refractivity contribution in [3.63, 3.8) is 0 Å². The largest absolute Gasteiger partial charge is 0.484 e. The highest BCUT2D eigenvalue weighted by Crippen LogP contribution is 2.15. The second kappa shape index (κ2) is 8.25. The van der Waals surface area contributed by atoms with E-state index in [1.165, 1.54) is 0 Å². The summed E-state index contributed by atoms with van der Waals surface area (Å²) >= 11 is 5.78. The molecule has 6 heteroatoms. The highest BCUT2D eigenvalue weighted by Gasteiger charge is 2.15. The zero-order valence-electron chi connectivity index (χ0n) is 10.6. The number of benzene rings is 1. The summed E-state index contributed by atoms with van der Waals surface area (Å²) in [5.74, 6) is 0.703. The van der Waals surface area contributed by atoms with Crippen LogP contribution < -0.4 is 10.1 Å². The summed E-state index contributed by atoms with van der Waals surface area (Å²) in [7, 11) is 0. The maximum absolute atomic E-state index is 11.9. The minimum Gasteiger partial charge on any atom is -0.484 e. The lowest BCUT2D eigenvalue weighted by Gasteiger charge is -2.19. The normalized spacial score (nSPS) is 15.3. The molecule has 1 heterocycles. The number of nitrogens with one attached hydrogen (secondary N) is 1. The first-order chi connectivity index (χ1) is 8.75. The first kappa shape index (κ1) is 16.1. The number of rotatable bonds is 3. The average molecular weight is 305 g/mol. The summed E-state index contributed by atoms with van der Waals surface area (Å²) in [5, 5.41) is 3.92. The van der Waals surface area contributed by atoms with Crippen LogP contribution in [-0.4, -0.2) is 43.6 Å². The molecule has 1 N–H and O–H groups in total. The maximum Gasteiger partial charge on any atom is 0.260 e. The molecule has 0 unspecified atom stereocenters. The van der Waals surface area contributed by atoms with Crippen molar-refractivity contribution in [1.29, 1.82) is 0 Å². The number of carbonyl (C=O) groups excluding carboxylic acids is 1. The first-order valence-electron chi connectivity index (χ1n) is 6.12. The van der Waals surface area contributed by atoms with Gasteiger partial charge in [-0.25, -0.2) is 0 Å². The third kappa shape index (κ3) is 5.27. The number of nitrogens with zero attached hydrogens (tertiary/aromatic N) is 1. The molecule has 0 aromatic heterocycles. The molecule has 0 aliphatic carbocycles. The predicted octanol–water partition coefficient (Wildman–Crippen LogP) is 1.96. The van der Waals surface area contributed by atoms with Crippen molar-refractivity contribution in [1.82, 2.24) is 10.2 Å². The molecule has 1 amide bonds. The Balaban J connectivity index is 0.00000180. The van der Waals surface area contributed by atoms with Crippen molar-refractivity contribution in [3.05, 3.63) is 29.3 Å². The molecule has 1 aromatic rings. The van der Waals surface area contributed by atoms with Gasteiger partial charge in [-0.3, -0.25) is 4.79 Å². The Morgan fingerprint density at radius 3 is 2.74 bits per heavy atom. The van der Waals surface area contributed by atoms with Crippen molar-refractivity contribution in [2.75, 3.05) is 32.8 Å².